The van der Waals surface area contributed by atoms with Crippen LogP contribution in [-0.4, -0.2) is 16.1 Å². The molecule has 0 radical (unpaired) electrons. The predicted molar refractivity (Wildman–Crippen MR) is 58.2 cm³/mol. The number of pyridine rings is 1. The van der Waals surface area contributed by atoms with Crippen molar-refractivity contribution in [2.45, 2.75) is 13.8 Å². The van der Waals surface area contributed by atoms with Gasteiger partial charge in [0.05, 0.1) is 5.52 Å². The quantitative estimate of drug-likeness (QED) is 0.771. The average Bonchev–Trinajstić information content (AvgIpc) is 2.16. The van der Waals surface area contributed by atoms with Crippen LogP contribution in [0.1, 0.15) is 21.6 Å². The van der Waals surface area contributed by atoms with Crippen molar-refractivity contribution >= 4 is 16.9 Å². The fourth-order valence-electron chi connectivity index (χ4n) is 1.67. The molecule has 0 spiro atoms. The lowest BCUT2D eigenvalue weighted by atomic mass is 10.1. The van der Waals surface area contributed by atoms with Crippen LogP contribution in [0.15, 0.2) is 24.3 Å². The van der Waals surface area contributed by atoms with Gasteiger partial charge in [-0.3, -0.25) is 0 Å². The summed E-state index contributed by atoms with van der Waals surface area (Å²) < 4.78 is 0. The molecule has 2 aromatic rings. The summed E-state index contributed by atoms with van der Waals surface area (Å²) >= 11 is 0. The summed E-state index contributed by atoms with van der Waals surface area (Å²) in [4.78, 5) is 15.1. The van der Waals surface area contributed by atoms with E-state index in [9.17, 15) is 4.79 Å². The lowest BCUT2D eigenvalue weighted by Gasteiger charge is -2.05. The second-order valence-electron chi connectivity index (χ2n) is 3.61. The average molecular weight is 201 g/mol. The van der Waals surface area contributed by atoms with Crippen LogP contribution in [0.4, 0.5) is 0 Å². The Hall–Kier alpha value is -1.90. The highest BCUT2D eigenvalue weighted by Gasteiger charge is 2.10. The molecule has 1 heterocycles. The fraction of sp³-hybridized carbons (Fsp3) is 0.167. The van der Waals surface area contributed by atoms with Crippen LogP contribution >= 0.6 is 0 Å². The van der Waals surface area contributed by atoms with Crippen LogP contribution in [0.3, 0.4) is 0 Å². The molecule has 0 saturated heterocycles. The van der Waals surface area contributed by atoms with Crippen molar-refractivity contribution in [2.24, 2.45) is 0 Å². The number of aromatic nitrogens is 1. The van der Waals surface area contributed by atoms with E-state index in [0.29, 0.717) is 5.56 Å². The number of hydrogen-bond acceptors (Lipinski definition) is 2. The molecule has 0 aliphatic carbocycles. The highest BCUT2D eigenvalue weighted by atomic mass is 16.4. The Bertz CT molecular complexity index is 547. The molecule has 1 aromatic heterocycles. The molecule has 0 bridgehead atoms. The standard InChI is InChI=1S/C12H11NO2/c1-7-4-3-5-9-6-8(2)11(12(14)15)13-10(7)9/h3-6H,1-2H3,(H,14,15). The van der Waals surface area contributed by atoms with Crippen LogP contribution in [0.5, 0.6) is 0 Å². The van der Waals surface area contributed by atoms with E-state index >= 15 is 0 Å². The number of benzene rings is 1. The molecule has 0 amide bonds. The van der Waals surface area contributed by atoms with Crippen molar-refractivity contribution in [3.05, 3.63) is 41.1 Å². The van der Waals surface area contributed by atoms with E-state index in [1.807, 2.05) is 31.2 Å². The van der Waals surface area contributed by atoms with Gasteiger partial charge in [0.15, 0.2) is 5.69 Å². The summed E-state index contributed by atoms with van der Waals surface area (Å²) in [6.45, 7) is 3.69. The number of rotatable bonds is 1. The molecule has 0 aliphatic rings. The van der Waals surface area contributed by atoms with Crippen LogP contribution < -0.4 is 0 Å². The lowest BCUT2D eigenvalue weighted by Crippen LogP contribution is -2.03. The summed E-state index contributed by atoms with van der Waals surface area (Å²) in [7, 11) is 0. The van der Waals surface area contributed by atoms with Crippen LogP contribution in [0.2, 0.25) is 0 Å². The molecular formula is C12H11NO2. The monoisotopic (exact) mass is 201 g/mol. The second kappa shape index (κ2) is 3.35. The molecule has 1 aromatic carbocycles. The second-order valence-corrected chi connectivity index (χ2v) is 3.61. The maximum Gasteiger partial charge on any atom is 0.354 e. The van der Waals surface area contributed by atoms with E-state index in [-0.39, 0.29) is 5.69 Å². The molecule has 1 N–H and O–H groups in total. The number of hydrogen-bond donors (Lipinski definition) is 1. The zero-order chi connectivity index (χ0) is 11.0. The number of carboxylic acid groups (broad SMARTS) is 1. The summed E-state index contributed by atoms with van der Waals surface area (Å²) in [5, 5.41) is 9.94. The van der Waals surface area contributed by atoms with Crippen molar-refractivity contribution in [1.29, 1.82) is 0 Å². The van der Waals surface area contributed by atoms with Gasteiger partial charge in [0, 0.05) is 5.39 Å². The number of aromatic carboxylic acids is 1. The zero-order valence-electron chi connectivity index (χ0n) is 8.61. The summed E-state index contributed by atoms with van der Waals surface area (Å²) in [5.41, 5.74) is 2.59. The SMILES string of the molecule is Cc1cc2cccc(C)c2nc1C(=O)O. The van der Waals surface area contributed by atoms with Crippen molar-refractivity contribution in [3.63, 3.8) is 0 Å². The summed E-state index contributed by atoms with van der Waals surface area (Å²) in [6.07, 6.45) is 0. The molecule has 2 rings (SSSR count). The Morgan fingerprint density at radius 3 is 2.67 bits per heavy atom. The Morgan fingerprint density at radius 1 is 1.27 bits per heavy atom. The molecule has 3 heteroatoms. The van der Waals surface area contributed by atoms with Crippen molar-refractivity contribution < 1.29 is 9.90 Å². The smallest absolute Gasteiger partial charge is 0.354 e. The van der Waals surface area contributed by atoms with Gasteiger partial charge in [-0.15, -0.1) is 0 Å². The van der Waals surface area contributed by atoms with E-state index in [1.165, 1.54) is 0 Å². The molecule has 0 atom stereocenters. The van der Waals surface area contributed by atoms with Gasteiger partial charge in [0.2, 0.25) is 0 Å². The first-order valence-electron chi connectivity index (χ1n) is 4.70. The minimum absolute atomic E-state index is 0.136. The van der Waals surface area contributed by atoms with E-state index in [4.69, 9.17) is 5.11 Å². The predicted octanol–water partition coefficient (Wildman–Crippen LogP) is 2.55. The first-order valence-corrected chi connectivity index (χ1v) is 4.70. The number of para-hydroxylation sites is 1. The van der Waals surface area contributed by atoms with Gasteiger partial charge in [-0.25, -0.2) is 9.78 Å². The summed E-state index contributed by atoms with van der Waals surface area (Å²) in [5.74, 6) is -0.974. The van der Waals surface area contributed by atoms with Gasteiger partial charge in [0.25, 0.3) is 0 Å². The van der Waals surface area contributed by atoms with Crippen molar-refractivity contribution in [3.8, 4) is 0 Å². The maximum absolute atomic E-state index is 10.9. The number of nitrogens with zero attached hydrogens (tertiary/aromatic N) is 1. The van der Waals surface area contributed by atoms with E-state index in [1.54, 1.807) is 6.92 Å². The minimum atomic E-state index is -0.974. The van der Waals surface area contributed by atoms with Crippen molar-refractivity contribution in [2.75, 3.05) is 0 Å². The van der Waals surface area contributed by atoms with Crippen LogP contribution in [0.25, 0.3) is 10.9 Å². The highest BCUT2D eigenvalue weighted by molar-refractivity contribution is 5.92. The molecule has 15 heavy (non-hydrogen) atoms. The maximum atomic E-state index is 10.9. The van der Waals surface area contributed by atoms with Crippen LogP contribution in [-0.2, 0) is 0 Å². The molecule has 0 aliphatic heterocycles. The minimum Gasteiger partial charge on any atom is -0.477 e. The third-order valence-electron chi connectivity index (χ3n) is 2.44. The lowest BCUT2D eigenvalue weighted by molar-refractivity contribution is 0.0690. The number of aryl methyl sites for hydroxylation is 2. The van der Waals surface area contributed by atoms with Gasteiger partial charge >= 0.3 is 5.97 Å². The molecular weight excluding hydrogens is 190 g/mol. The Labute approximate surface area is 87.4 Å². The van der Waals surface area contributed by atoms with E-state index in [0.717, 1.165) is 16.5 Å². The van der Waals surface area contributed by atoms with Gasteiger partial charge in [-0.2, -0.15) is 0 Å². The molecule has 0 saturated carbocycles. The molecule has 3 nitrogen and oxygen atoms in total. The number of carbonyl (C=O) groups is 1. The van der Waals surface area contributed by atoms with Gasteiger partial charge in [0.1, 0.15) is 0 Å². The third-order valence-corrected chi connectivity index (χ3v) is 2.44. The van der Waals surface area contributed by atoms with Crippen LogP contribution in [0, 0.1) is 13.8 Å². The molecule has 0 unspecified atom stereocenters. The van der Waals surface area contributed by atoms with E-state index < -0.39 is 5.97 Å². The zero-order valence-corrected chi connectivity index (χ0v) is 8.61. The largest absolute Gasteiger partial charge is 0.477 e. The topological polar surface area (TPSA) is 50.2 Å². The normalized spacial score (nSPS) is 10.5. The first kappa shape index (κ1) is 9.65. The number of carboxylic acids is 1. The Morgan fingerprint density at radius 2 is 2.00 bits per heavy atom. The molecule has 76 valence electrons. The third kappa shape index (κ3) is 1.56. The Kier molecular flexibility index (Phi) is 2.15. The molecule has 0 fully saturated rings. The van der Waals surface area contributed by atoms with Gasteiger partial charge in [-0.1, -0.05) is 18.2 Å². The van der Waals surface area contributed by atoms with Crippen molar-refractivity contribution in [1.82, 2.24) is 4.98 Å². The van der Waals surface area contributed by atoms with E-state index in [2.05, 4.69) is 4.98 Å². The Balaban J connectivity index is 2.83. The van der Waals surface area contributed by atoms with Gasteiger partial charge < -0.3 is 5.11 Å². The first-order chi connectivity index (χ1) is 7.09. The summed E-state index contributed by atoms with van der Waals surface area (Å²) in [6, 6.07) is 7.67. The number of fused-ring (bicyclic) bond motifs is 1. The van der Waals surface area contributed by atoms with Gasteiger partial charge in [-0.05, 0) is 31.0 Å². The highest BCUT2D eigenvalue weighted by Crippen LogP contribution is 2.19. The fourth-order valence-corrected chi connectivity index (χ4v) is 1.67.